The fourth-order valence-electron chi connectivity index (χ4n) is 2.70. The third-order valence-corrected chi connectivity index (χ3v) is 4.24. The lowest BCUT2D eigenvalue weighted by molar-refractivity contribution is -0.119. The number of carbonyl (C=O) groups is 1. The van der Waals surface area contributed by atoms with Gasteiger partial charge in [-0.25, -0.2) is 0 Å². The molecule has 0 spiro atoms. The fraction of sp³-hybridized carbons (Fsp3) is 0.278. The van der Waals surface area contributed by atoms with E-state index in [2.05, 4.69) is 5.32 Å². The molecular formula is C18H19NO2. The number of aryl methyl sites for hydroxylation is 1. The summed E-state index contributed by atoms with van der Waals surface area (Å²) >= 11 is 0. The van der Waals surface area contributed by atoms with E-state index in [4.69, 9.17) is 0 Å². The van der Waals surface area contributed by atoms with Gasteiger partial charge in [-0.05, 0) is 49.6 Å². The van der Waals surface area contributed by atoms with Gasteiger partial charge in [0.05, 0.1) is 5.41 Å². The molecule has 0 aliphatic carbocycles. The summed E-state index contributed by atoms with van der Waals surface area (Å²) < 4.78 is 0. The molecule has 3 rings (SSSR count). The summed E-state index contributed by atoms with van der Waals surface area (Å²) in [7, 11) is 0. The molecular weight excluding hydrogens is 262 g/mol. The molecule has 1 atom stereocenters. The van der Waals surface area contributed by atoms with Crippen molar-refractivity contribution in [2.24, 2.45) is 0 Å². The van der Waals surface area contributed by atoms with Gasteiger partial charge in [0.1, 0.15) is 6.10 Å². The summed E-state index contributed by atoms with van der Waals surface area (Å²) in [5.41, 5.74) is 4.05. The second kappa shape index (κ2) is 4.71. The first kappa shape index (κ1) is 13.8. The van der Waals surface area contributed by atoms with E-state index >= 15 is 0 Å². The maximum absolute atomic E-state index is 12.0. The summed E-state index contributed by atoms with van der Waals surface area (Å²) in [6.07, 6.45) is -0.678. The SMILES string of the molecule is Cc1ccc(C(O)c2ccc3c(c2)C(C)(C)C(=O)N3)cc1. The van der Waals surface area contributed by atoms with Gasteiger partial charge in [-0.3, -0.25) is 4.79 Å². The molecule has 1 unspecified atom stereocenters. The van der Waals surface area contributed by atoms with Crippen molar-refractivity contribution < 1.29 is 9.90 Å². The Morgan fingerprint density at radius 2 is 1.67 bits per heavy atom. The van der Waals surface area contributed by atoms with E-state index in [1.807, 2.05) is 63.2 Å². The molecule has 0 fully saturated rings. The summed E-state index contributed by atoms with van der Waals surface area (Å²) in [6.45, 7) is 5.82. The number of nitrogens with one attached hydrogen (secondary N) is 1. The first-order valence-corrected chi connectivity index (χ1v) is 7.10. The van der Waals surface area contributed by atoms with Crippen molar-refractivity contribution in [1.29, 1.82) is 0 Å². The van der Waals surface area contributed by atoms with Crippen LogP contribution < -0.4 is 5.32 Å². The van der Waals surface area contributed by atoms with Gasteiger partial charge in [0.15, 0.2) is 0 Å². The minimum atomic E-state index is -0.678. The number of aliphatic hydroxyl groups is 1. The van der Waals surface area contributed by atoms with E-state index in [0.29, 0.717) is 0 Å². The molecule has 0 saturated heterocycles. The Labute approximate surface area is 124 Å². The zero-order chi connectivity index (χ0) is 15.2. The van der Waals surface area contributed by atoms with E-state index in [1.165, 1.54) is 0 Å². The molecule has 21 heavy (non-hydrogen) atoms. The van der Waals surface area contributed by atoms with Crippen LogP contribution in [-0.4, -0.2) is 11.0 Å². The Balaban J connectivity index is 2.00. The number of carbonyl (C=O) groups excluding carboxylic acids is 1. The summed E-state index contributed by atoms with van der Waals surface area (Å²) in [5, 5.41) is 13.4. The standard InChI is InChI=1S/C18H19NO2/c1-11-4-6-12(7-5-11)16(20)13-8-9-15-14(10-13)18(2,3)17(21)19-15/h4-10,16,20H,1-3H3,(H,19,21). The average Bonchev–Trinajstić information content (AvgIpc) is 2.69. The minimum absolute atomic E-state index is 0.000485. The number of aliphatic hydroxyl groups excluding tert-OH is 1. The number of hydrogen-bond acceptors (Lipinski definition) is 2. The lowest BCUT2D eigenvalue weighted by Gasteiger charge is -2.18. The summed E-state index contributed by atoms with van der Waals surface area (Å²) in [4.78, 5) is 12.0. The van der Waals surface area contributed by atoms with E-state index in [1.54, 1.807) is 0 Å². The van der Waals surface area contributed by atoms with Crippen molar-refractivity contribution in [3.8, 4) is 0 Å². The van der Waals surface area contributed by atoms with Gasteiger partial charge >= 0.3 is 0 Å². The Morgan fingerprint density at radius 1 is 1.05 bits per heavy atom. The van der Waals surface area contributed by atoms with Crippen molar-refractivity contribution in [3.63, 3.8) is 0 Å². The van der Waals surface area contributed by atoms with Gasteiger partial charge in [-0.15, -0.1) is 0 Å². The Morgan fingerprint density at radius 3 is 2.33 bits per heavy atom. The van der Waals surface area contributed by atoms with Gasteiger partial charge in [0.25, 0.3) is 0 Å². The summed E-state index contributed by atoms with van der Waals surface area (Å²) in [6, 6.07) is 13.5. The maximum Gasteiger partial charge on any atom is 0.234 e. The molecule has 0 bridgehead atoms. The largest absolute Gasteiger partial charge is 0.384 e. The van der Waals surface area contributed by atoms with Gasteiger partial charge in [0.2, 0.25) is 5.91 Å². The molecule has 2 aromatic rings. The van der Waals surface area contributed by atoms with E-state index in [9.17, 15) is 9.90 Å². The molecule has 1 heterocycles. The van der Waals surface area contributed by atoms with Crippen LogP contribution in [0.4, 0.5) is 5.69 Å². The van der Waals surface area contributed by atoms with Crippen LogP contribution in [0.5, 0.6) is 0 Å². The summed E-state index contributed by atoms with van der Waals surface area (Å²) in [5.74, 6) is -0.000485. The predicted molar refractivity (Wildman–Crippen MR) is 83.3 cm³/mol. The van der Waals surface area contributed by atoms with Gasteiger partial charge in [-0.1, -0.05) is 35.9 Å². The minimum Gasteiger partial charge on any atom is -0.384 e. The second-order valence-electron chi connectivity index (χ2n) is 6.20. The van der Waals surface area contributed by atoms with Gasteiger partial charge in [-0.2, -0.15) is 0 Å². The van der Waals surface area contributed by atoms with E-state index in [0.717, 1.165) is 27.9 Å². The van der Waals surface area contributed by atoms with Crippen LogP contribution in [0.25, 0.3) is 0 Å². The zero-order valence-electron chi connectivity index (χ0n) is 12.5. The van der Waals surface area contributed by atoms with Gasteiger partial charge in [0, 0.05) is 5.69 Å². The van der Waals surface area contributed by atoms with Gasteiger partial charge < -0.3 is 10.4 Å². The highest BCUT2D eigenvalue weighted by molar-refractivity contribution is 6.05. The average molecular weight is 281 g/mol. The van der Waals surface area contributed by atoms with E-state index in [-0.39, 0.29) is 5.91 Å². The van der Waals surface area contributed by atoms with Crippen molar-refractivity contribution in [1.82, 2.24) is 0 Å². The quantitative estimate of drug-likeness (QED) is 0.887. The smallest absolute Gasteiger partial charge is 0.234 e. The van der Waals surface area contributed by atoms with Crippen LogP contribution in [0.1, 0.15) is 42.2 Å². The molecule has 0 radical (unpaired) electrons. The third-order valence-electron chi connectivity index (χ3n) is 4.24. The number of fused-ring (bicyclic) bond motifs is 1. The molecule has 108 valence electrons. The van der Waals surface area contributed by atoms with Crippen molar-refractivity contribution in [2.45, 2.75) is 32.3 Å². The number of hydrogen-bond donors (Lipinski definition) is 2. The molecule has 3 nitrogen and oxygen atoms in total. The number of anilines is 1. The Hall–Kier alpha value is -2.13. The fourth-order valence-corrected chi connectivity index (χ4v) is 2.70. The molecule has 2 N–H and O–H groups in total. The van der Waals surface area contributed by atoms with Crippen molar-refractivity contribution in [3.05, 3.63) is 64.7 Å². The highest BCUT2D eigenvalue weighted by Crippen LogP contribution is 2.39. The van der Waals surface area contributed by atoms with Crippen LogP contribution in [0, 0.1) is 6.92 Å². The number of rotatable bonds is 2. The van der Waals surface area contributed by atoms with Crippen molar-refractivity contribution >= 4 is 11.6 Å². The monoisotopic (exact) mass is 281 g/mol. The molecule has 2 aromatic carbocycles. The topological polar surface area (TPSA) is 49.3 Å². The van der Waals surface area contributed by atoms with Crippen LogP contribution in [0.2, 0.25) is 0 Å². The maximum atomic E-state index is 12.0. The predicted octanol–water partition coefficient (Wildman–Crippen LogP) is 3.31. The molecule has 1 aliphatic rings. The number of benzene rings is 2. The molecule has 0 aromatic heterocycles. The van der Waals surface area contributed by atoms with E-state index < -0.39 is 11.5 Å². The number of amides is 1. The highest BCUT2D eigenvalue weighted by atomic mass is 16.3. The second-order valence-corrected chi connectivity index (χ2v) is 6.20. The van der Waals surface area contributed by atoms with Crippen LogP contribution in [0.15, 0.2) is 42.5 Å². The Kier molecular flexibility index (Phi) is 3.10. The first-order valence-electron chi connectivity index (χ1n) is 7.10. The Bertz CT molecular complexity index is 702. The molecule has 3 heteroatoms. The highest BCUT2D eigenvalue weighted by Gasteiger charge is 2.38. The van der Waals surface area contributed by atoms with Crippen LogP contribution >= 0.6 is 0 Å². The van der Waals surface area contributed by atoms with Crippen molar-refractivity contribution in [2.75, 3.05) is 5.32 Å². The molecule has 1 aliphatic heterocycles. The first-order chi connectivity index (χ1) is 9.89. The normalized spacial score (nSPS) is 17.2. The molecule has 0 saturated carbocycles. The van der Waals surface area contributed by atoms with Crippen LogP contribution in [-0.2, 0) is 10.2 Å². The van der Waals surface area contributed by atoms with Crippen LogP contribution in [0.3, 0.4) is 0 Å². The lowest BCUT2D eigenvalue weighted by Crippen LogP contribution is -2.26. The third kappa shape index (κ3) is 2.24. The zero-order valence-corrected chi connectivity index (χ0v) is 12.5. The lowest BCUT2D eigenvalue weighted by atomic mass is 9.84. The molecule has 1 amide bonds.